The molecule has 0 aliphatic carbocycles. The van der Waals surface area contributed by atoms with Crippen LogP contribution in [0.25, 0.3) is 11.1 Å². The molecule has 2 N–H and O–H groups in total. The molecule has 0 saturated carbocycles. The summed E-state index contributed by atoms with van der Waals surface area (Å²) >= 11 is 12.8. The van der Waals surface area contributed by atoms with Gasteiger partial charge in [-0.25, -0.2) is 9.98 Å². The Morgan fingerprint density at radius 1 is 0.391 bits per heavy atom. The number of hydrogen-bond donors (Lipinski definition) is 2. The van der Waals surface area contributed by atoms with Crippen LogP contribution >= 0.6 is 23.2 Å². The van der Waals surface area contributed by atoms with Crippen LogP contribution in [0, 0.1) is 10.8 Å². The second kappa shape index (κ2) is 14.1. The average molecular weight is 636 g/mol. The van der Waals surface area contributed by atoms with Gasteiger partial charge in [-0.3, -0.25) is 10.8 Å². The number of benzene rings is 6. The molecule has 6 heteroatoms. The summed E-state index contributed by atoms with van der Waals surface area (Å²) in [5.41, 5.74) is 7.93. The molecule has 0 aromatic heterocycles. The van der Waals surface area contributed by atoms with E-state index in [2.05, 4.69) is 24.3 Å². The molecular formula is C40H28Cl2N4. The summed E-state index contributed by atoms with van der Waals surface area (Å²) in [5, 5.41) is 18.5. The van der Waals surface area contributed by atoms with Gasteiger partial charge in [0.15, 0.2) is 11.7 Å². The van der Waals surface area contributed by atoms with Gasteiger partial charge in [0.1, 0.15) is 0 Å². The number of hydrogen-bond acceptors (Lipinski definition) is 2. The maximum absolute atomic E-state index is 8.79. The Bertz CT molecular complexity index is 1950. The first kappa shape index (κ1) is 30.6. The third-order valence-corrected chi connectivity index (χ3v) is 8.06. The average Bonchev–Trinajstić information content (AvgIpc) is 3.10. The Kier molecular flexibility index (Phi) is 9.40. The topological polar surface area (TPSA) is 72.4 Å². The maximum Gasteiger partial charge on any atom is 0.153 e. The number of rotatable bonds is 7. The lowest BCUT2D eigenvalue weighted by Gasteiger charge is -2.13. The predicted octanol–water partition coefficient (Wildman–Crippen LogP) is 10.4. The van der Waals surface area contributed by atoms with Crippen LogP contribution in [0.3, 0.4) is 0 Å². The zero-order chi connectivity index (χ0) is 31.9. The van der Waals surface area contributed by atoms with Gasteiger partial charge in [0.25, 0.3) is 0 Å². The Hall–Kier alpha value is -5.42. The van der Waals surface area contributed by atoms with Gasteiger partial charge in [-0.05, 0) is 47.5 Å². The quantitative estimate of drug-likeness (QED) is 0.129. The predicted molar refractivity (Wildman–Crippen MR) is 193 cm³/mol. The minimum atomic E-state index is 0.0848. The van der Waals surface area contributed by atoms with Gasteiger partial charge in [0.2, 0.25) is 0 Å². The van der Waals surface area contributed by atoms with Gasteiger partial charge in [0, 0.05) is 33.4 Å². The Balaban J connectivity index is 1.42. The molecule has 222 valence electrons. The molecule has 0 saturated heterocycles. The lowest BCUT2D eigenvalue weighted by molar-refractivity contribution is 1.40. The van der Waals surface area contributed by atoms with E-state index in [0.29, 0.717) is 32.6 Å². The van der Waals surface area contributed by atoms with Crippen molar-refractivity contribution in [2.24, 2.45) is 9.98 Å². The number of halogens is 2. The first-order valence-corrected chi connectivity index (χ1v) is 15.4. The Morgan fingerprint density at radius 3 is 1.13 bits per heavy atom. The number of nitrogens with one attached hydrogen (secondary N) is 2. The first-order valence-electron chi connectivity index (χ1n) is 14.6. The molecule has 0 radical (unpaired) electrons. The highest BCUT2D eigenvalue weighted by Gasteiger charge is 2.15. The summed E-state index contributed by atoms with van der Waals surface area (Å²) in [7, 11) is 0. The zero-order valence-electron chi connectivity index (χ0n) is 24.7. The van der Waals surface area contributed by atoms with Gasteiger partial charge in [-0.15, -0.1) is 0 Å². The van der Waals surface area contributed by atoms with Crippen molar-refractivity contribution in [3.05, 3.63) is 201 Å². The molecule has 0 amide bonds. The maximum atomic E-state index is 8.79. The van der Waals surface area contributed by atoms with Crippen molar-refractivity contribution in [2.45, 2.75) is 0 Å². The highest BCUT2D eigenvalue weighted by molar-refractivity contribution is 6.35. The molecule has 0 heterocycles. The second-order valence-electron chi connectivity index (χ2n) is 10.5. The summed E-state index contributed by atoms with van der Waals surface area (Å²) < 4.78 is 0. The third-order valence-electron chi connectivity index (χ3n) is 7.40. The molecule has 0 aliphatic rings. The molecule has 0 fully saturated rings. The van der Waals surface area contributed by atoms with Crippen LogP contribution in [0.15, 0.2) is 168 Å². The van der Waals surface area contributed by atoms with Gasteiger partial charge >= 0.3 is 0 Å². The van der Waals surface area contributed by atoms with Crippen LogP contribution in [-0.2, 0) is 0 Å². The molecule has 0 unspecified atom stereocenters. The second-order valence-corrected chi connectivity index (χ2v) is 11.3. The van der Waals surface area contributed by atoms with Gasteiger partial charge < -0.3 is 0 Å². The van der Waals surface area contributed by atoms with Crippen LogP contribution in [0.1, 0.15) is 33.4 Å². The number of nitrogens with zero attached hydrogens (tertiary/aromatic N) is 2. The van der Waals surface area contributed by atoms with E-state index in [1.54, 1.807) is 24.3 Å². The third kappa shape index (κ3) is 6.94. The SMILES string of the molecule is N=C(N=C(c1ccccc1)c1cccc(-c2cccc(C(=NC(=N)c3ccccc3Cl)c3ccccc3)c2)c1)c1ccccc1Cl. The van der Waals surface area contributed by atoms with E-state index >= 15 is 0 Å². The van der Waals surface area contributed by atoms with Crippen molar-refractivity contribution in [1.29, 1.82) is 10.8 Å². The molecule has 0 spiro atoms. The fraction of sp³-hybridized carbons (Fsp3) is 0. The zero-order valence-corrected chi connectivity index (χ0v) is 26.2. The van der Waals surface area contributed by atoms with E-state index in [1.807, 2.05) is 109 Å². The van der Waals surface area contributed by atoms with Gasteiger partial charge in [-0.1, -0.05) is 145 Å². The van der Waals surface area contributed by atoms with Crippen LogP contribution in [0.2, 0.25) is 10.0 Å². The van der Waals surface area contributed by atoms with Crippen LogP contribution in [0.4, 0.5) is 0 Å². The van der Waals surface area contributed by atoms with E-state index < -0.39 is 0 Å². The minimum Gasteiger partial charge on any atom is -0.282 e. The summed E-state index contributed by atoms with van der Waals surface area (Å²) in [4.78, 5) is 9.60. The lowest BCUT2D eigenvalue weighted by atomic mass is 9.94. The van der Waals surface area contributed by atoms with Crippen LogP contribution < -0.4 is 0 Å². The molecule has 0 bridgehead atoms. The van der Waals surface area contributed by atoms with Crippen molar-refractivity contribution in [3.8, 4) is 11.1 Å². The smallest absolute Gasteiger partial charge is 0.153 e. The summed E-state index contributed by atoms with van der Waals surface area (Å²) in [6, 6.07) is 50.5. The van der Waals surface area contributed by atoms with Gasteiger partial charge in [0.05, 0.1) is 21.5 Å². The van der Waals surface area contributed by atoms with Crippen LogP contribution in [0.5, 0.6) is 0 Å². The van der Waals surface area contributed by atoms with E-state index in [4.69, 9.17) is 44.0 Å². The van der Waals surface area contributed by atoms with E-state index in [1.165, 1.54) is 0 Å². The van der Waals surface area contributed by atoms with E-state index in [9.17, 15) is 0 Å². The van der Waals surface area contributed by atoms with Crippen molar-refractivity contribution < 1.29 is 0 Å². The first-order chi connectivity index (χ1) is 22.5. The monoisotopic (exact) mass is 634 g/mol. The normalized spacial score (nSPS) is 11.7. The molecule has 0 aliphatic heterocycles. The summed E-state index contributed by atoms with van der Waals surface area (Å²) in [5.74, 6) is 0.170. The molecule has 4 nitrogen and oxygen atoms in total. The Morgan fingerprint density at radius 2 is 0.739 bits per heavy atom. The largest absolute Gasteiger partial charge is 0.282 e. The van der Waals surface area contributed by atoms with E-state index in [0.717, 1.165) is 33.4 Å². The van der Waals surface area contributed by atoms with Crippen molar-refractivity contribution in [1.82, 2.24) is 0 Å². The van der Waals surface area contributed by atoms with E-state index in [-0.39, 0.29) is 11.7 Å². The lowest BCUT2D eigenvalue weighted by Crippen LogP contribution is -2.09. The summed E-state index contributed by atoms with van der Waals surface area (Å²) in [6.45, 7) is 0. The van der Waals surface area contributed by atoms with Crippen molar-refractivity contribution in [2.75, 3.05) is 0 Å². The minimum absolute atomic E-state index is 0.0848. The fourth-order valence-electron chi connectivity index (χ4n) is 5.13. The molecule has 0 atom stereocenters. The molecule has 6 aromatic rings. The molecule has 46 heavy (non-hydrogen) atoms. The molecule has 6 aromatic carbocycles. The van der Waals surface area contributed by atoms with Crippen molar-refractivity contribution >= 4 is 46.3 Å². The van der Waals surface area contributed by atoms with Crippen molar-refractivity contribution in [3.63, 3.8) is 0 Å². The fourth-order valence-corrected chi connectivity index (χ4v) is 5.58. The van der Waals surface area contributed by atoms with Crippen LogP contribution in [-0.4, -0.2) is 23.1 Å². The Labute approximate surface area is 278 Å². The molecule has 6 rings (SSSR count). The number of aliphatic imine (C=N–C) groups is 2. The van der Waals surface area contributed by atoms with Gasteiger partial charge in [-0.2, -0.15) is 0 Å². The number of amidine groups is 2. The highest BCUT2D eigenvalue weighted by atomic mass is 35.5. The summed E-state index contributed by atoms with van der Waals surface area (Å²) in [6.07, 6.45) is 0. The highest BCUT2D eigenvalue weighted by Crippen LogP contribution is 2.26. The molecular weight excluding hydrogens is 607 g/mol. The standard InChI is InChI=1S/C40H28Cl2N4/c41-35-23-9-7-21-33(35)39(43)45-37(27-13-3-1-4-14-27)31-19-11-17-29(25-31)30-18-12-20-32(26-30)38(28-15-5-2-6-16-28)46-40(44)34-22-8-10-24-36(34)42/h1-26,43-44H.